The molecule has 0 radical (unpaired) electrons. The zero-order valence-corrected chi connectivity index (χ0v) is 13.6. The summed E-state index contributed by atoms with van der Waals surface area (Å²) in [4.78, 5) is 26.5. The summed E-state index contributed by atoms with van der Waals surface area (Å²) < 4.78 is 8.92. The molecule has 1 amide bonds. The smallest absolute Gasteiger partial charge is 0.352 e. The number of amides is 1. The first-order valence-corrected chi connectivity index (χ1v) is 8.34. The van der Waals surface area contributed by atoms with E-state index in [-0.39, 0.29) is 12.5 Å². The number of fused-ring (bicyclic) bond motifs is 1. The Morgan fingerprint density at radius 1 is 1.35 bits per heavy atom. The average molecular weight is 331 g/mol. The monoisotopic (exact) mass is 331 g/mol. The summed E-state index contributed by atoms with van der Waals surface area (Å²) in [6, 6.07) is 7.83. The number of benzene rings is 1. The average Bonchev–Trinajstić information content (AvgIpc) is 3.07. The summed E-state index contributed by atoms with van der Waals surface area (Å²) in [6.07, 6.45) is 2.48. The second kappa shape index (κ2) is 6.87. The number of hydrogen-bond acceptors (Lipinski definition) is 6. The lowest BCUT2D eigenvalue weighted by molar-refractivity contribution is -0.121. The highest BCUT2D eigenvalue weighted by Crippen LogP contribution is 2.26. The Hall–Kier alpha value is -2.28. The standard InChI is InChI=1S/C16H17N3O3S/c1-2-12-15(23-18-17-12)16(21)22-10-14(20)19-9-5-7-11-6-3-4-8-13(11)19/h3-4,6,8H,2,5,7,9-10H2,1H3. The highest BCUT2D eigenvalue weighted by atomic mass is 32.1. The minimum absolute atomic E-state index is 0.207. The molecule has 6 nitrogen and oxygen atoms in total. The fraction of sp³-hybridized carbons (Fsp3) is 0.375. The van der Waals surface area contributed by atoms with E-state index in [4.69, 9.17) is 4.74 Å². The van der Waals surface area contributed by atoms with Crippen molar-refractivity contribution in [2.45, 2.75) is 26.2 Å². The summed E-state index contributed by atoms with van der Waals surface area (Å²) in [7, 11) is 0. The van der Waals surface area contributed by atoms with Gasteiger partial charge in [-0.1, -0.05) is 29.6 Å². The van der Waals surface area contributed by atoms with Gasteiger partial charge in [-0.05, 0) is 42.4 Å². The van der Waals surface area contributed by atoms with Gasteiger partial charge >= 0.3 is 5.97 Å². The van der Waals surface area contributed by atoms with Gasteiger partial charge in [-0.2, -0.15) is 0 Å². The van der Waals surface area contributed by atoms with Crippen LogP contribution in [0.25, 0.3) is 0 Å². The molecule has 1 aromatic carbocycles. The third-order valence-corrected chi connectivity index (χ3v) is 4.56. The fourth-order valence-electron chi connectivity index (χ4n) is 2.66. The van der Waals surface area contributed by atoms with Crippen molar-refractivity contribution in [3.63, 3.8) is 0 Å². The quantitative estimate of drug-likeness (QED) is 0.804. The molecule has 0 atom stereocenters. The first kappa shape index (κ1) is 15.6. The Labute approximate surface area is 138 Å². The van der Waals surface area contributed by atoms with Crippen molar-refractivity contribution < 1.29 is 14.3 Å². The summed E-state index contributed by atoms with van der Waals surface area (Å²) in [5.74, 6) is -0.739. The van der Waals surface area contributed by atoms with Crippen LogP contribution >= 0.6 is 11.5 Å². The maximum Gasteiger partial charge on any atom is 0.352 e. The largest absolute Gasteiger partial charge is 0.451 e. The van der Waals surface area contributed by atoms with Crippen LogP contribution in [0.3, 0.4) is 0 Å². The minimum Gasteiger partial charge on any atom is -0.451 e. The molecule has 1 aliphatic heterocycles. The van der Waals surface area contributed by atoms with Gasteiger partial charge in [0.15, 0.2) is 11.5 Å². The Balaban J connectivity index is 1.65. The molecular formula is C16H17N3O3S. The second-order valence-corrected chi connectivity index (χ2v) is 6.01. The molecule has 0 saturated carbocycles. The van der Waals surface area contributed by atoms with Gasteiger partial charge in [0.25, 0.3) is 5.91 Å². The maximum absolute atomic E-state index is 12.4. The lowest BCUT2D eigenvalue weighted by Gasteiger charge is -2.29. The minimum atomic E-state index is -0.532. The number of rotatable bonds is 4. The molecule has 0 N–H and O–H groups in total. The van der Waals surface area contributed by atoms with E-state index in [1.165, 1.54) is 0 Å². The number of hydrogen-bond donors (Lipinski definition) is 0. The molecule has 1 aliphatic rings. The van der Waals surface area contributed by atoms with Crippen molar-refractivity contribution in [1.29, 1.82) is 0 Å². The third-order valence-electron chi connectivity index (χ3n) is 3.81. The van der Waals surface area contributed by atoms with E-state index in [9.17, 15) is 9.59 Å². The first-order valence-electron chi connectivity index (χ1n) is 7.57. The number of aromatic nitrogens is 2. The van der Waals surface area contributed by atoms with Crippen LogP contribution in [0.5, 0.6) is 0 Å². The first-order chi connectivity index (χ1) is 11.2. The van der Waals surface area contributed by atoms with Gasteiger partial charge < -0.3 is 9.64 Å². The van der Waals surface area contributed by atoms with Crippen LogP contribution in [0.2, 0.25) is 0 Å². The summed E-state index contributed by atoms with van der Waals surface area (Å²) in [5, 5.41) is 3.87. The summed E-state index contributed by atoms with van der Waals surface area (Å²) in [6.45, 7) is 2.27. The van der Waals surface area contributed by atoms with E-state index in [0.717, 1.165) is 35.6 Å². The highest BCUT2D eigenvalue weighted by Gasteiger charge is 2.24. The van der Waals surface area contributed by atoms with Gasteiger partial charge in [0.2, 0.25) is 0 Å². The van der Waals surface area contributed by atoms with Crippen molar-refractivity contribution in [2.24, 2.45) is 0 Å². The zero-order valence-electron chi connectivity index (χ0n) is 12.8. The Morgan fingerprint density at radius 3 is 3.00 bits per heavy atom. The number of anilines is 1. The van der Waals surface area contributed by atoms with Crippen LogP contribution in [0.15, 0.2) is 24.3 Å². The Bertz CT molecular complexity index is 729. The molecule has 0 aliphatic carbocycles. The van der Waals surface area contributed by atoms with Crippen LogP contribution in [-0.2, 0) is 22.4 Å². The van der Waals surface area contributed by atoms with E-state index >= 15 is 0 Å². The fourth-order valence-corrected chi connectivity index (χ4v) is 3.30. The van der Waals surface area contributed by atoms with E-state index in [2.05, 4.69) is 9.59 Å². The number of esters is 1. The van der Waals surface area contributed by atoms with Crippen molar-refractivity contribution in [3.05, 3.63) is 40.4 Å². The van der Waals surface area contributed by atoms with Gasteiger partial charge in [-0.15, -0.1) is 5.10 Å². The molecule has 2 heterocycles. The molecule has 0 spiro atoms. The molecule has 0 bridgehead atoms. The van der Waals surface area contributed by atoms with Crippen LogP contribution in [0.4, 0.5) is 5.69 Å². The number of para-hydroxylation sites is 1. The number of carbonyl (C=O) groups excluding carboxylic acids is 2. The molecular weight excluding hydrogens is 314 g/mol. The van der Waals surface area contributed by atoms with Crippen LogP contribution in [0.1, 0.15) is 34.3 Å². The van der Waals surface area contributed by atoms with E-state index < -0.39 is 5.97 Å². The predicted molar refractivity (Wildman–Crippen MR) is 86.7 cm³/mol. The topological polar surface area (TPSA) is 72.4 Å². The Kier molecular flexibility index (Phi) is 4.66. The van der Waals surface area contributed by atoms with Gasteiger partial charge in [0.1, 0.15) is 0 Å². The van der Waals surface area contributed by atoms with Crippen LogP contribution in [0, 0.1) is 0 Å². The summed E-state index contributed by atoms with van der Waals surface area (Å²) in [5.41, 5.74) is 2.67. The normalized spacial score (nSPS) is 13.5. The number of carbonyl (C=O) groups is 2. The molecule has 3 rings (SSSR count). The molecule has 0 saturated heterocycles. The van der Waals surface area contributed by atoms with Crippen molar-refractivity contribution in [1.82, 2.24) is 9.59 Å². The van der Waals surface area contributed by atoms with Crippen LogP contribution in [-0.4, -0.2) is 34.6 Å². The van der Waals surface area contributed by atoms with Crippen molar-refractivity contribution >= 4 is 29.1 Å². The molecule has 0 unspecified atom stereocenters. The van der Waals surface area contributed by atoms with E-state index in [1.807, 2.05) is 31.2 Å². The highest BCUT2D eigenvalue weighted by molar-refractivity contribution is 7.07. The van der Waals surface area contributed by atoms with E-state index in [1.54, 1.807) is 4.90 Å². The predicted octanol–water partition coefficient (Wildman–Crippen LogP) is 2.24. The molecule has 120 valence electrons. The van der Waals surface area contributed by atoms with Crippen molar-refractivity contribution in [2.75, 3.05) is 18.1 Å². The summed E-state index contributed by atoms with van der Waals surface area (Å²) >= 11 is 0.997. The van der Waals surface area contributed by atoms with Crippen LogP contribution < -0.4 is 4.90 Å². The Morgan fingerprint density at radius 2 is 2.17 bits per heavy atom. The van der Waals surface area contributed by atoms with Gasteiger partial charge in [-0.3, -0.25) is 4.79 Å². The third kappa shape index (κ3) is 3.24. The number of aryl methyl sites for hydroxylation is 2. The van der Waals surface area contributed by atoms with Gasteiger partial charge in [0.05, 0.1) is 5.69 Å². The molecule has 2 aromatic rings. The lowest BCUT2D eigenvalue weighted by atomic mass is 10.0. The van der Waals surface area contributed by atoms with E-state index in [0.29, 0.717) is 23.5 Å². The molecule has 1 aromatic heterocycles. The number of nitrogens with zero attached hydrogens (tertiary/aromatic N) is 3. The second-order valence-electron chi connectivity index (χ2n) is 5.26. The number of ether oxygens (including phenoxy) is 1. The van der Waals surface area contributed by atoms with Gasteiger partial charge in [-0.25, -0.2) is 4.79 Å². The van der Waals surface area contributed by atoms with Crippen molar-refractivity contribution in [3.8, 4) is 0 Å². The lowest BCUT2D eigenvalue weighted by Crippen LogP contribution is -2.38. The zero-order chi connectivity index (χ0) is 16.2. The SMILES string of the molecule is CCc1nnsc1C(=O)OCC(=O)N1CCCc2ccccc21. The van der Waals surface area contributed by atoms with Gasteiger partial charge in [0, 0.05) is 12.2 Å². The molecule has 23 heavy (non-hydrogen) atoms. The molecule has 7 heteroatoms. The maximum atomic E-state index is 12.4. The molecule has 0 fully saturated rings.